The first-order chi connectivity index (χ1) is 16.5. The first-order valence-electron chi connectivity index (χ1n) is 10.6. The topological polar surface area (TPSA) is 110 Å². The summed E-state index contributed by atoms with van der Waals surface area (Å²) in [5.74, 6) is -0.0453. The molecule has 0 radical (unpaired) electrons. The van der Waals surface area contributed by atoms with E-state index in [9.17, 15) is 14.4 Å². The molecule has 4 aromatic rings. The van der Waals surface area contributed by atoms with Crippen LogP contribution in [0.4, 0.5) is 11.5 Å². The third-order valence-corrected chi connectivity index (χ3v) is 5.41. The minimum atomic E-state index is -0.737. The summed E-state index contributed by atoms with van der Waals surface area (Å²) in [6, 6.07) is 25.1. The Balaban J connectivity index is 1.85. The zero-order chi connectivity index (χ0) is 24.1. The van der Waals surface area contributed by atoms with Gasteiger partial charge in [0, 0.05) is 5.56 Å². The molecule has 172 valence electrons. The maximum atomic E-state index is 13.7. The normalized spacial score (nSPS) is 10.6. The fraction of sp³-hybridized carbons (Fsp3) is 0.115. The van der Waals surface area contributed by atoms with Gasteiger partial charge in [0.1, 0.15) is 11.6 Å². The number of nitrogen functional groups attached to an aromatic ring is 1. The maximum Gasteiger partial charge on any atom is 0.330 e. The van der Waals surface area contributed by atoms with Crippen LogP contribution in [0.1, 0.15) is 21.5 Å². The van der Waals surface area contributed by atoms with Gasteiger partial charge in [0.15, 0.2) is 5.69 Å². The van der Waals surface area contributed by atoms with Crippen molar-refractivity contribution >= 4 is 17.4 Å². The zero-order valence-electron chi connectivity index (χ0n) is 18.6. The van der Waals surface area contributed by atoms with Gasteiger partial charge < -0.3 is 10.5 Å². The summed E-state index contributed by atoms with van der Waals surface area (Å²) in [5, 5.41) is 0. The van der Waals surface area contributed by atoms with Crippen molar-refractivity contribution in [2.45, 2.75) is 13.1 Å². The van der Waals surface area contributed by atoms with E-state index in [1.807, 2.05) is 60.7 Å². The molecule has 1 heterocycles. The van der Waals surface area contributed by atoms with Crippen LogP contribution < -0.4 is 26.6 Å². The van der Waals surface area contributed by atoms with Crippen LogP contribution in [0, 0.1) is 0 Å². The Bertz CT molecular complexity index is 1410. The Kier molecular flexibility index (Phi) is 6.59. The average molecular weight is 457 g/mol. The van der Waals surface area contributed by atoms with Gasteiger partial charge in [0.25, 0.3) is 11.5 Å². The lowest BCUT2D eigenvalue weighted by Gasteiger charge is -2.25. The summed E-state index contributed by atoms with van der Waals surface area (Å²) < 4.78 is 6.50. The minimum Gasteiger partial charge on any atom is -0.497 e. The Morgan fingerprint density at radius 1 is 0.941 bits per heavy atom. The second kappa shape index (κ2) is 9.91. The molecule has 0 aliphatic carbocycles. The van der Waals surface area contributed by atoms with Gasteiger partial charge in [0.05, 0.1) is 20.2 Å². The van der Waals surface area contributed by atoms with E-state index in [2.05, 4.69) is 4.98 Å². The monoisotopic (exact) mass is 456 g/mol. The molecule has 0 fully saturated rings. The van der Waals surface area contributed by atoms with Crippen LogP contribution in [0.5, 0.6) is 5.75 Å². The molecule has 0 bridgehead atoms. The largest absolute Gasteiger partial charge is 0.497 e. The lowest BCUT2D eigenvalue weighted by Crippen LogP contribution is -2.41. The number of anilines is 2. The fourth-order valence-electron chi connectivity index (χ4n) is 3.69. The minimum absolute atomic E-state index is 0.0771. The molecule has 8 heteroatoms. The molecule has 0 saturated heterocycles. The molecule has 0 spiro atoms. The number of ether oxygens (including phenoxy) is 1. The molecule has 0 aliphatic rings. The van der Waals surface area contributed by atoms with Gasteiger partial charge in [-0.05, 0) is 29.3 Å². The van der Waals surface area contributed by atoms with Crippen molar-refractivity contribution in [3.05, 3.63) is 122 Å². The van der Waals surface area contributed by atoms with Crippen LogP contribution in [-0.2, 0) is 13.1 Å². The average Bonchev–Trinajstić information content (AvgIpc) is 2.86. The van der Waals surface area contributed by atoms with Crippen molar-refractivity contribution in [1.82, 2.24) is 9.55 Å². The van der Waals surface area contributed by atoms with Gasteiger partial charge in [-0.3, -0.25) is 24.0 Å². The number of carbonyl (C=O) groups excluding carboxylic acids is 1. The standard InChI is InChI=1S/C26H24N4O4/c1-34-21-14-8-13-20(15-21)25(32)29(16-18-9-4-2-5-10-18)22-23(27)30(26(33)28-24(22)31)17-19-11-6-3-7-12-19/h2-15H,16-17,27H2,1H3,(H,28,31,33). The van der Waals surface area contributed by atoms with Crippen molar-refractivity contribution in [2.24, 2.45) is 0 Å². The maximum absolute atomic E-state index is 13.7. The lowest BCUT2D eigenvalue weighted by atomic mass is 10.1. The number of methoxy groups -OCH3 is 1. The van der Waals surface area contributed by atoms with E-state index in [0.29, 0.717) is 11.3 Å². The number of benzene rings is 3. The molecule has 4 rings (SSSR count). The van der Waals surface area contributed by atoms with Crippen LogP contribution in [0.2, 0.25) is 0 Å². The molecular weight excluding hydrogens is 432 g/mol. The molecule has 1 amide bonds. The summed E-state index contributed by atoms with van der Waals surface area (Å²) in [6.45, 7) is 0.218. The number of amides is 1. The van der Waals surface area contributed by atoms with Crippen LogP contribution >= 0.6 is 0 Å². The lowest BCUT2D eigenvalue weighted by molar-refractivity contribution is 0.0984. The second-order valence-corrected chi connectivity index (χ2v) is 7.67. The smallest absolute Gasteiger partial charge is 0.330 e. The third-order valence-electron chi connectivity index (χ3n) is 5.41. The number of nitrogens with zero attached hydrogens (tertiary/aromatic N) is 2. The van der Waals surface area contributed by atoms with Crippen LogP contribution in [0.3, 0.4) is 0 Å². The summed E-state index contributed by atoms with van der Waals surface area (Å²) in [7, 11) is 1.51. The quantitative estimate of drug-likeness (QED) is 0.444. The van der Waals surface area contributed by atoms with E-state index in [0.717, 1.165) is 11.1 Å². The van der Waals surface area contributed by atoms with Crippen molar-refractivity contribution in [3.63, 3.8) is 0 Å². The molecule has 0 aliphatic heterocycles. The van der Waals surface area contributed by atoms with Crippen molar-refractivity contribution < 1.29 is 9.53 Å². The molecule has 3 N–H and O–H groups in total. The van der Waals surface area contributed by atoms with Crippen LogP contribution in [0.25, 0.3) is 0 Å². The van der Waals surface area contributed by atoms with Crippen molar-refractivity contribution in [2.75, 3.05) is 17.7 Å². The molecule has 1 aromatic heterocycles. The van der Waals surface area contributed by atoms with Gasteiger partial charge in [-0.25, -0.2) is 4.79 Å². The number of rotatable bonds is 7. The molecule has 8 nitrogen and oxygen atoms in total. The van der Waals surface area contributed by atoms with E-state index < -0.39 is 17.2 Å². The number of aromatic amines is 1. The Hall–Kier alpha value is -4.59. The van der Waals surface area contributed by atoms with E-state index >= 15 is 0 Å². The highest BCUT2D eigenvalue weighted by atomic mass is 16.5. The summed E-state index contributed by atoms with van der Waals surface area (Å²) in [6.07, 6.45) is 0. The highest BCUT2D eigenvalue weighted by Gasteiger charge is 2.26. The van der Waals surface area contributed by atoms with Crippen LogP contribution in [-0.4, -0.2) is 22.6 Å². The Morgan fingerprint density at radius 2 is 1.59 bits per heavy atom. The third kappa shape index (κ3) is 4.75. The number of nitrogens with one attached hydrogen (secondary N) is 1. The number of aromatic nitrogens is 2. The Labute approximate surface area is 195 Å². The highest BCUT2D eigenvalue weighted by molar-refractivity contribution is 6.07. The van der Waals surface area contributed by atoms with Crippen molar-refractivity contribution in [3.8, 4) is 5.75 Å². The number of hydrogen-bond acceptors (Lipinski definition) is 5. The molecule has 3 aromatic carbocycles. The molecule has 0 atom stereocenters. The van der Waals surface area contributed by atoms with Crippen molar-refractivity contribution in [1.29, 1.82) is 0 Å². The number of nitrogens with two attached hydrogens (primary N) is 1. The zero-order valence-corrected chi connectivity index (χ0v) is 18.6. The van der Waals surface area contributed by atoms with Gasteiger partial charge in [-0.15, -0.1) is 0 Å². The van der Waals surface area contributed by atoms with E-state index in [1.54, 1.807) is 24.3 Å². The molecular formula is C26H24N4O4. The van der Waals surface area contributed by atoms with Gasteiger partial charge in [-0.2, -0.15) is 0 Å². The molecule has 0 saturated carbocycles. The molecule has 34 heavy (non-hydrogen) atoms. The summed E-state index contributed by atoms with van der Waals surface area (Å²) >= 11 is 0. The van der Waals surface area contributed by atoms with Gasteiger partial charge in [-0.1, -0.05) is 66.7 Å². The number of H-pyrrole nitrogens is 1. The Morgan fingerprint density at radius 3 is 2.24 bits per heavy atom. The van der Waals surface area contributed by atoms with E-state index in [4.69, 9.17) is 10.5 Å². The number of hydrogen-bond donors (Lipinski definition) is 2. The van der Waals surface area contributed by atoms with Gasteiger partial charge >= 0.3 is 5.69 Å². The van der Waals surface area contributed by atoms with Gasteiger partial charge in [0.2, 0.25) is 0 Å². The van der Waals surface area contributed by atoms with E-state index in [-0.39, 0.29) is 24.6 Å². The number of carbonyl (C=O) groups is 1. The first kappa shape index (κ1) is 22.6. The fourth-order valence-corrected chi connectivity index (χ4v) is 3.69. The predicted octanol–water partition coefficient (Wildman–Crippen LogP) is 3.02. The predicted molar refractivity (Wildman–Crippen MR) is 131 cm³/mol. The highest BCUT2D eigenvalue weighted by Crippen LogP contribution is 2.24. The first-order valence-corrected chi connectivity index (χ1v) is 10.6. The second-order valence-electron chi connectivity index (χ2n) is 7.67. The summed E-state index contributed by atoms with van der Waals surface area (Å²) in [5.41, 5.74) is 6.83. The van der Waals surface area contributed by atoms with Crippen LogP contribution in [0.15, 0.2) is 94.5 Å². The summed E-state index contributed by atoms with van der Waals surface area (Å²) in [4.78, 5) is 42.9. The SMILES string of the molecule is COc1cccc(C(=O)N(Cc2ccccc2)c2c(N)n(Cc3ccccc3)c(=O)[nH]c2=O)c1. The van der Waals surface area contributed by atoms with E-state index in [1.165, 1.54) is 16.6 Å². The molecule has 0 unspecified atom stereocenters.